The van der Waals surface area contributed by atoms with Crippen molar-refractivity contribution < 1.29 is 80.2 Å². The zero-order valence-corrected chi connectivity index (χ0v) is 13.9. The van der Waals surface area contributed by atoms with Crippen molar-refractivity contribution in [1.82, 2.24) is 4.98 Å². The number of oxazole rings is 1. The number of nitrogens with zero attached hydrogens (tertiary/aromatic N) is 1. The fourth-order valence-electron chi connectivity index (χ4n) is 1.07. The van der Waals surface area contributed by atoms with Crippen molar-refractivity contribution >= 4 is 11.1 Å². The van der Waals surface area contributed by atoms with Gasteiger partial charge in [-0.25, -0.2) is 4.98 Å². The number of aromatic nitrogens is 1. The molecular formula is C9H9Cl4NOZr. The first-order valence-electron chi connectivity index (χ1n) is 3.74. The molecule has 0 bridgehead atoms. The maximum absolute atomic E-state index is 5.41. The Hall–Kier alpha value is 0.733. The van der Waals surface area contributed by atoms with Crippen molar-refractivity contribution in [2.24, 2.45) is 0 Å². The zero-order valence-electron chi connectivity index (χ0n) is 8.38. The van der Waals surface area contributed by atoms with Crippen LogP contribution in [0.5, 0.6) is 0 Å². The summed E-state index contributed by atoms with van der Waals surface area (Å²) in [6.45, 7) is 2.03. The van der Waals surface area contributed by atoms with Crippen LogP contribution in [0.2, 0.25) is 0 Å². The van der Waals surface area contributed by atoms with Crippen LogP contribution in [0.1, 0.15) is 12.8 Å². The van der Waals surface area contributed by atoms with Gasteiger partial charge in [0.25, 0.3) is 0 Å². The third-order valence-corrected chi connectivity index (χ3v) is 1.64. The molecule has 2 rings (SSSR count). The van der Waals surface area contributed by atoms with Gasteiger partial charge in [0, 0.05) is 6.42 Å². The molecule has 0 spiro atoms. The number of rotatable bonds is 1. The van der Waals surface area contributed by atoms with Gasteiger partial charge in [-0.3, -0.25) is 0 Å². The van der Waals surface area contributed by atoms with Crippen molar-refractivity contribution in [3.05, 3.63) is 30.2 Å². The summed E-state index contributed by atoms with van der Waals surface area (Å²) in [4.78, 5) is 4.26. The van der Waals surface area contributed by atoms with Crippen LogP contribution < -0.4 is 49.6 Å². The van der Waals surface area contributed by atoms with Gasteiger partial charge in [0.2, 0.25) is 0 Å². The van der Waals surface area contributed by atoms with Crippen molar-refractivity contribution in [2.75, 3.05) is 0 Å². The second-order valence-corrected chi connectivity index (χ2v) is 2.43. The first kappa shape index (κ1) is 25.5. The number of para-hydroxylation sites is 2. The first-order valence-corrected chi connectivity index (χ1v) is 3.74. The van der Waals surface area contributed by atoms with E-state index in [0.717, 1.165) is 23.4 Å². The minimum Gasteiger partial charge on any atom is -1.00 e. The smallest absolute Gasteiger partial charge is 1.00 e. The van der Waals surface area contributed by atoms with Crippen LogP contribution in [-0.2, 0) is 32.6 Å². The Morgan fingerprint density at radius 1 is 1.06 bits per heavy atom. The van der Waals surface area contributed by atoms with Crippen LogP contribution in [0.3, 0.4) is 0 Å². The molecule has 0 amide bonds. The maximum Gasteiger partial charge on any atom is 4.00 e. The van der Waals surface area contributed by atoms with Crippen molar-refractivity contribution in [1.29, 1.82) is 0 Å². The summed E-state index contributed by atoms with van der Waals surface area (Å²) >= 11 is 0. The Labute approximate surface area is 139 Å². The fraction of sp³-hybridized carbons (Fsp3) is 0.222. The van der Waals surface area contributed by atoms with Crippen molar-refractivity contribution in [3.8, 4) is 0 Å². The molecule has 0 aliphatic heterocycles. The summed E-state index contributed by atoms with van der Waals surface area (Å²) in [7, 11) is 0. The van der Waals surface area contributed by atoms with Crippen LogP contribution >= 0.6 is 0 Å². The molecule has 1 aromatic carbocycles. The quantitative estimate of drug-likeness (QED) is 0.492. The average Bonchev–Trinajstić information content (AvgIpc) is 2.46. The first-order chi connectivity index (χ1) is 5.40. The van der Waals surface area contributed by atoms with Gasteiger partial charge in [0.1, 0.15) is 5.52 Å². The van der Waals surface area contributed by atoms with Gasteiger partial charge in [-0.15, -0.1) is 0 Å². The summed E-state index contributed by atoms with van der Waals surface area (Å²) in [5.41, 5.74) is 1.83. The van der Waals surface area contributed by atoms with Crippen molar-refractivity contribution in [2.45, 2.75) is 13.3 Å². The van der Waals surface area contributed by atoms with E-state index in [1.165, 1.54) is 0 Å². The number of halogens is 4. The molecule has 0 aliphatic carbocycles. The monoisotopic (exact) mass is 377 g/mol. The Bertz CT molecular complexity index is 349. The Morgan fingerprint density at radius 2 is 1.62 bits per heavy atom. The number of hydrogen-bond acceptors (Lipinski definition) is 2. The molecule has 0 aliphatic rings. The van der Waals surface area contributed by atoms with E-state index < -0.39 is 0 Å². The van der Waals surface area contributed by atoms with Crippen molar-refractivity contribution in [3.63, 3.8) is 0 Å². The molecule has 0 fully saturated rings. The second kappa shape index (κ2) is 12.2. The van der Waals surface area contributed by atoms with Crippen LogP contribution in [-0.4, -0.2) is 4.98 Å². The van der Waals surface area contributed by atoms with Gasteiger partial charge in [0.05, 0.1) is 0 Å². The predicted molar refractivity (Wildman–Crippen MR) is 43.4 cm³/mol. The molecule has 1 heterocycles. The molecule has 88 valence electrons. The molecule has 7 heteroatoms. The van der Waals surface area contributed by atoms with E-state index in [9.17, 15) is 0 Å². The summed E-state index contributed by atoms with van der Waals surface area (Å²) in [5, 5.41) is 0. The maximum atomic E-state index is 5.41. The molecule has 1 aromatic heterocycles. The van der Waals surface area contributed by atoms with Gasteiger partial charge in [-0.05, 0) is 12.1 Å². The molecular weight excluding hydrogens is 371 g/mol. The Balaban J connectivity index is -0.000000144. The molecule has 0 radical (unpaired) electrons. The van der Waals surface area contributed by atoms with Gasteiger partial charge in [-0.2, -0.15) is 0 Å². The molecule has 2 nitrogen and oxygen atoms in total. The minimum atomic E-state index is 0. The van der Waals surface area contributed by atoms with Crippen LogP contribution in [0.4, 0.5) is 0 Å². The largest absolute Gasteiger partial charge is 4.00 e. The van der Waals surface area contributed by atoms with E-state index in [2.05, 4.69) is 4.98 Å². The van der Waals surface area contributed by atoms with E-state index in [0.29, 0.717) is 0 Å². The number of hydrogen-bond donors (Lipinski definition) is 0. The topological polar surface area (TPSA) is 26.0 Å². The van der Waals surface area contributed by atoms with E-state index in [1.807, 2.05) is 31.2 Å². The zero-order chi connectivity index (χ0) is 7.68. The average molecular weight is 380 g/mol. The van der Waals surface area contributed by atoms with Gasteiger partial charge < -0.3 is 54.0 Å². The Kier molecular flexibility index (Phi) is 19.5. The standard InChI is InChI=1S/C9H9NO.4ClH.Zr/c1-2-9-10-7-5-3-4-6-8(7)11-9;;;;;/h3-6H,2H2,1H3;4*1H;/q;;;;;+4/p-4. The molecule has 0 N–H and O–H groups in total. The third kappa shape index (κ3) is 5.88. The summed E-state index contributed by atoms with van der Waals surface area (Å²) in [6, 6.07) is 7.80. The van der Waals surface area contributed by atoms with E-state index in [4.69, 9.17) is 4.42 Å². The van der Waals surface area contributed by atoms with E-state index in [1.54, 1.807) is 0 Å². The Morgan fingerprint density at radius 3 is 2.12 bits per heavy atom. The summed E-state index contributed by atoms with van der Waals surface area (Å²) < 4.78 is 5.41. The molecule has 16 heavy (non-hydrogen) atoms. The molecule has 0 saturated carbocycles. The SMILES string of the molecule is CCc1nc2ccccc2o1.[Cl-].[Cl-].[Cl-].[Cl-].[Zr+4]. The molecule has 0 saturated heterocycles. The minimum absolute atomic E-state index is 0. The van der Waals surface area contributed by atoms with Crippen LogP contribution in [0, 0.1) is 0 Å². The molecule has 2 aromatic rings. The normalized spacial score (nSPS) is 7.31. The van der Waals surface area contributed by atoms with Crippen LogP contribution in [0.15, 0.2) is 28.7 Å². The number of fused-ring (bicyclic) bond motifs is 1. The summed E-state index contributed by atoms with van der Waals surface area (Å²) in [6.07, 6.45) is 0.856. The van der Waals surface area contributed by atoms with Gasteiger partial charge >= 0.3 is 26.2 Å². The fourth-order valence-corrected chi connectivity index (χ4v) is 1.07. The van der Waals surface area contributed by atoms with Crippen LogP contribution in [0.25, 0.3) is 11.1 Å². The molecule has 0 unspecified atom stereocenters. The number of aryl methyl sites for hydroxylation is 1. The number of benzene rings is 1. The molecule has 0 atom stereocenters. The second-order valence-electron chi connectivity index (χ2n) is 2.43. The summed E-state index contributed by atoms with van der Waals surface area (Å²) in [5.74, 6) is 0.811. The van der Waals surface area contributed by atoms with Gasteiger partial charge in [-0.1, -0.05) is 19.1 Å². The van der Waals surface area contributed by atoms with E-state index >= 15 is 0 Å². The predicted octanol–water partition coefficient (Wildman–Crippen LogP) is -9.60. The third-order valence-electron chi connectivity index (χ3n) is 1.64. The van der Waals surface area contributed by atoms with E-state index in [-0.39, 0.29) is 75.8 Å². The van der Waals surface area contributed by atoms with Gasteiger partial charge in [0.15, 0.2) is 11.5 Å².